The van der Waals surface area contributed by atoms with Gasteiger partial charge in [0.15, 0.2) is 0 Å². The fourth-order valence-corrected chi connectivity index (χ4v) is 1.94. The molecular weight excluding hydrogens is 204 g/mol. The standard InChI is InChI=1S/C14H21Cl/c1-3-5-7-12-9-10-14(15)13(11-12)8-6-4-2/h9-11H,3-8H2,1-2H3. The summed E-state index contributed by atoms with van der Waals surface area (Å²) in [6.45, 7) is 4.45. The molecular formula is C14H21Cl. The molecule has 0 aliphatic heterocycles. The molecule has 0 atom stereocenters. The van der Waals surface area contributed by atoms with Gasteiger partial charge in [-0.05, 0) is 42.9 Å². The first kappa shape index (κ1) is 12.6. The van der Waals surface area contributed by atoms with E-state index in [0.29, 0.717) is 0 Å². The lowest BCUT2D eigenvalue weighted by molar-refractivity contribution is 0.780. The Kier molecular flexibility index (Phi) is 5.78. The van der Waals surface area contributed by atoms with Crippen molar-refractivity contribution in [2.24, 2.45) is 0 Å². The highest BCUT2D eigenvalue weighted by Gasteiger charge is 2.01. The maximum Gasteiger partial charge on any atom is 0.0438 e. The van der Waals surface area contributed by atoms with Crippen LogP contribution in [0.3, 0.4) is 0 Å². The molecule has 15 heavy (non-hydrogen) atoms. The van der Waals surface area contributed by atoms with E-state index in [1.807, 2.05) is 0 Å². The highest BCUT2D eigenvalue weighted by molar-refractivity contribution is 6.31. The lowest BCUT2D eigenvalue weighted by atomic mass is 10.0. The number of hydrogen-bond acceptors (Lipinski definition) is 0. The fourth-order valence-electron chi connectivity index (χ4n) is 1.72. The van der Waals surface area contributed by atoms with E-state index in [9.17, 15) is 0 Å². The Morgan fingerprint density at radius 2 is 1.67 bits per heavy atom. The Bertz CT molecular complexity index is 291. The summed E-state index contributed by atoms with van der Waals surface area (Å²) in [7, 11) is 0. The third-order valence-corrected chi connectivity index (χ3v) is 3.10. The number of unbranched alkanes of at least 4 members (excludes halogenated alkanes) is 2. The van der Waals surface area contributed by atoms with E-state index in [1.165, 1.54) is 43.2 Å². The molecule has 0 nitrogen and oxygen atoms in total. The smallest absolute Gasteiger partial charge is 0.0438 e. The Hall–Kier alpha value is -0.490. The lowest BCUT2D eigenvalue weighted by Crippen LogP contribution is -1.91. The zero-order chi connectivity index (χ0) is 11.1. The van der Waals surface area contributed by atoms with Gasteiger partial charge in [-0.3, -0.25) is 0 Å². The minimum Gasteiger partial charge on any atom is -0.0840 e. The zero-order valence-electron chi connectivity index (χ0n) is 9.85. The van der Waals surface area contributed by atoms with Crippen molar-refractivity contribution in [1.82, 2.24) is 0 Å². The fraction of sp³-hybridized carbons (Fsp3) is 0.571. The predicted octanol–water partition coefficient (Wildman–Crippen LogP) is 5.03. The van der Waals surface area contributed by atoms with Gasteiger partial charge in [-0.15, -0.1) is 0 Å². The molecule has 0 aliphatic rings. The summed E-state index contributed by atoms with van der Waals surface area (Å²) < 4.78 is 0. The van der Waals surface area contributed by atoms with Crippen LogP contribution in [0.25, 0.3) is 0 Å². The third-order valence-electron chi connectivity index (χ3n) is 2.73. The maximum absolute atomic E-state index is 6.17. The van der Waals surface area contributed by atoms with Crippen LogP contribution < -0.4 is 0 Å². The summed E-state index contributed by atoms with van der Waals surface area (Å²) >= 11 is 6.17. The van der Waals surface area contributed by atoms with E-state index in [-0.39, 0.29) is 0 Å². The quantitative estimate of drug-likeness (QED) is 0.636. The highest BCUT2D eigenvalue weighted by atomic mass is 35.5. The maximum atomic E-state index is 6.17. The second-order valence-electron chi connectivity index (χ2n) is 4.13. The van der Waals surface area contributed by atoms with Crippen LogP contribution in [0.2, 0.25) is 5.02 Å². The topological polar surface area (TPSA) is 0 Å². The summed E-state index contributed by atoms with van der Waals surface area (Å²) in [4.78, 5) is 0. The van der Waals surface area contributed by atoms with Gasteiger partial charge in [0, 0.05) is 5.02 Å². The first-order valence-electron chi connectivity index (χ1n) is 6.05. The molecule has 1 aromatic carbocycles. The van der Waals surface area contributed by atoms with Crippen molar-refractivity contribution in [2.45, 2.75) is 52.4 Å². The Morgan fingerprint density at radius 1 is 1.00 bits per heavy atom. The molecule has 0 saturated heterocycles. The van der Waals surface area contributed by atoms with Crippen LogP contribution in [0.1, 0.15) is 50.7 Å². The molecule has 0 spiro atoms. The van der Waals surface area contributed by atoms with Gasteiger partial charge in [-0.1, -0.05) is 50.4 Å². The van der Waals surface area contributed by atoms with Crippen LogP contribution in [-0.4, -0.2) is 0 Å². The third kappa shape index (κ3) is 4.25. The molecule has 0 bridgehead atoms. The minimum absolute atomic E-state index is 0.934. The second kappa shape index (κ2) is 6.90. The zero-order valence-corrected chi connectivity index (χ0v) is 10.6. The molecule has 0 fully saturated rings. The Morgan fingerprint density at radius 3 is 2.33 bits per heavy atom. The van der Waals surface area contributed by atoms with Gasteiger partial charge in [0.1, 0.15) is 0 Å². The lowest BCUT2D eigenvalue weighted by Gasteiger charge is -2.06. The molecule has 1 heteroatoms. The summed E-state index contributed by atoms with van der Waals surface area (Å²) in [5.41, 5.74) is 2.76. The van der Waals surface area contributed by atoms with E-state index in [0.717, 1.165) is 11.4 Å². The molecule has 0 unspecified atom stereocenters. The molecule has 1 rings (SSSR count). The molecule has 1 aromatic rings. The van der Waals surface area contributed by atoms with Crippen LogP contribution in [0.4, 0.5) is 0 Å². The summed E-state index contributed by atoms with van der Waals surface area (Å²) in [5, 5.41) is 0.934. The summed E-state index contributed by atoms with van der Waals surface area (Å²) in [6.07, 6.45) is 7.30. The van der Waals surface area contributed by atoms with E-state index < -0.39 is 0 Å². The number of rotatable bonds is 6. The summed E-state index contributed by atoms with van der Waals surface area (Å²) in [5.74, 6) is 0. The predicted molar refractivity (Wildman–Crippen MR) is 68.7 cm³/mol. The number of benzene rings is 1. The van der Waals surface area contributed by atoms with Crippen LogP contribution in [0.5, 0.6) is 0 Å². The van der Waals surface area contributed by atoms with Crippen molar-refractivity contribution in [3.63, 3.8) is 0 Å². The Labute approximate surface area is 98.7 Å². The van der Waals surface area contributed by atoms with Gasteiger partial charge < -0.3 is 0 Å². The number of halogens is 1. The number of hydrogen-bond donors (Lipinski definition) is 0. The molecule has 0 aromatic heterocycles. The highest BCUT2D eigenvalue weighted by Crippen LogP contribution is 2.20. The van der Waals surface area contributed by atoms with Crippen molar-refractivity contribution >= 4 is 11.6 Å². The molecule has 84 valence electrons. The van der Waals surface area contributed by atoms with Gasteiger partial charge in [-0.2, -0.15) is 0 Å². The van der Waals surface area contributed by atoms with Gasteiger partial charge in [-0.25, -0.2) is 0 Å². The molecule has 0 heterocycles. The van der Waals surface area contributed by atoms with Crippen LogP contribution >= 0.6 is 11.6 Å². The van der Waals surface area contributed by atoms with Crippen LogP contribution in [0.15, 0.2) is 18.2 Å². The van der Waals surface area contributed by atoms with Crippen molar-refractivity contribution in [3.8, 4) is 0 Å². The van der Waals surface area contributed by atoms with E-state index >= 15 is 0 Å². The van der Waals surface area contributed by atoms with Gasteiger partial charge >= 0.3 is 0 Å². The van der Waals surface area contributed by atoms with Gasteiger partial charge in [0.05, 0.1) is 0 Å². The SMILES string of the molecule is CCCCc1ccc(Cl)c(CCCC)c1. The molecule has 0 saturated carbocycles. The molecule has 0 radical (unpaired) electrons. The van der Waals surface area contributed by atoms with Crippen molar-refractivity contribution in [2.75, 3.05) is 0 Å². The largest absolute Gasteiger partial charge is 0.0840 e. The first-order valence-corrected chi connectivity index (χ1v) is 6.43. The van der Waals surface area contributed by atoms with Crippen molar-refractivity contribution in [3.05, 3.63) is 34.3 Å². The summed E-state index contributed by atoms with van der Waals surface area (Å²) in [6, 6.07) is 6.50. The average Bonchev–Trinajstić information content (AvgIpc) is 2.26. The normalized spacial score (nSPS) is 10.6. The monoisotopic (exact) mass is 224 g/mol. The number of aryl methyl sites for hydroxylation is 2. The van der Waals surface area contributed by atoms with Crippen molar-refractivity contribution < 1.29 is 0 Å². The molecule has 0 N–H and O–H groups in total. The van der Waals surface area contributed by atoms with Crippen molar-refractivity contribution in [1.29, 1.82) is 0 Å². The van der Waals surface area contributed by atoms with E-state index in [4.69, 9.17) is 11.6 Å². The van der Waals surface area contributed by atoms with E-state index in [1.54, 1.807) is 0 Å². The van der Waals surface area contributed by atoms with Gasteiger partial charge in [0.2, 0.25) is 0 Å². The van der Waals surface area contributed by atoms with Crippen LogP contribution in [-0.2, 0) is 12.8 Å². The molecule has 0 amide bonds. The second-order valence-corrected chi connectivity index (χ2v) is 4.54. The van der Waals surface area contributed by atoms with Crippen LogP contribution in [0, 0.1) is 0 Å². The van der Waals surface area contributed by atoms with E-state index in [2.05, 4.69) is 32.0 Å². The van der Waals surface area contributed by atoms with Gasteiger partial charge in [0.25, 0.3) is 0 Å². The minimum atomic E-state index is 0.934. The average molecular weight is 225 g/mol. The first-order chi connectivity index (χ1) is 7.27. The molecule has 0 aliphatic carbocycles. The Balaban J connectivity index is 2.66.